The first-order valence-electron chi connectivity index (χ1n) is 20.3. The first kappa shape index (κ1) is 35.5. The van der Waals surface area contributed by atoms with Gasteiger partial charge < -0.3 is 20.4 Å². The van der Waals surface area contributed by atoms with E-state index in [-0.39, 0.29) is 0 Å². The summed E-state index contributed by atoms with van der Waals surface area (Å²) < 4.78 is 0. The summed E-state index contributed by atoms with van der Waals surface area (Å²) >= 11 is 0. The number of nitrogens with zero attached hydrogens (tertiary/aromatic N) is 5. The van der Waals surface area contributed by atoms with Crippen LogP contribution in [0.15, 0.2) is 29.3 Å². The van der Waals surface area contributed by atoms with E-state index in [9.17, 15) is 5.41 Å². The SMILES string of the molecule is CC(C)Cc1ccc(C(C)CN2C(=N)N([C@H](CC3CCCCC3)CN3CCCC3CN3C(N)=NC[C@@H]3C)C[C@H]2CC2CCCCC2)cc1. The average molecular weight is 660 g/mol. The number of aliphatic imine (C=N–C) groups is 1. The molecule has 268 valence electrons. The molecule has 0 bridgehead atoms. The van der Waals surface area contributed by atoms with Gasteiger partial charge in [-0.3, -0.25) is 15.3 Å². The van der Waals surface area contributed by atoms with Crippen molar-refractivity contribution in [3.8, 4) is 0 Å². The van der Waals surface area contributed by atoms with Crippen molar-refractivity contribution < 1.29 is 0 Å². The average Bonchev–Trinajstić information content (AvgIpc) is 3.75. The van der Waals surface area contributed by atoms with Gasteiger partial charge in [0.15, 0.2) is 11.9 Å². The summed E-state index contributed by atoms with van der Waals surface area (Å²) in [5, 5.41) is 9.88. The van der Waals surface area contributed by atoms with Gasteiger partial charge in [-0.25, -0.2) is 0 Å². The molecule has 48 heavy (non-hydrogen) atoms. The second-order valence-corrected chi connectivity index (χ2v) is 17.1. The lowest BCUT2D eigenvalue weighted by Gasteiger charge is -2.39. The highest BCUT2D eigenvalue weighted by atomic mass is 15.5. The molecule has 2 saturated carbocycles. The number of nitrogens with two attached hydrogens (primary N) is 1. The summed E-state index contributed by atoms with van der Waals surface area (Å²) in [4.78, 5) is 14.9. The molecular formula is C41H69N7. The molecule has 6 rings (SSSR count). The lowest BCUT2D eigenvalue weighted by atomic mass is 9.83. The number of likely N-dealkylation sites (tertiary alicyclic amines) is 1. The Morgan fingerprint density at radius 2 is 1.52 bits per heavy atom. The van der Waals surface area contributed by atoms with Gasteiger partial charge in [-0.15, -0.1) is 0 Å². The normalized spacial score (nSPS) is 27.8. The molecule has 1 aromatic rings. The minimum Gasteiger partial charge on any atom is -0.370 e. The van der Waals surface area contributed by atoms with Gasteiger partial charge in [0.2, 0.25) is 0 Å². The van der Waals surface area contributed by atoms with Gasteiger partial charge in [0.1, 0.15) is 0 Å². The summed E-state index contributed by atoms with van der Waals surface area (Å²) in [6, 6.07) is 11.2. The minimum absolute atomic E-state index is 0.403. The molecule has 3 aliphatic heterocycles. The van der Waals surface area contributed by atoms with Crippen LogP contribution in [0.2, 0.25) is 0 Å². The van der Waals surface area contributed by atoms with Crippen molar-refractivity contribution in [2.45, 2.75) is 154 Å². The summed E-state index contributed by atoms with van der Waals surface area (Å²) in [5.74, 6) is 4.26. The Morgan fingerprint density at radius 1 is 0.833 bits per heavy atom. The van der Waals surface area contributed by atoms with E-state index in [0.717, 1.165) is 62.9 Å². The Morgan fingerprint density at radius 3 is 2.17 bits per heavy atom. The van der Waals surface area contributed by atoms with Crippen LogP contribution in [0.1, 0.15) is 135 Å². The highest BCUT2D eigenvalue weighted by Crippen LogP contribution is 2.36. The van der Waals surface area contributed by atoms with E-state index in [0.29, 0.717) is 36.0 Å². The third-order valence-electron chi connectivity index (χ3n) is 12.9. The summed E-state index contributed by atoms with van der Waals surface area (Å²) in [6.45, 7) is 15.3. The van der Waals surface area contributed by atoms with Gasteiger partial charge in [-0.05, 0) is 80.4 Å². The van der Waals surface area contributed by atoms with Crippen LogP contribution in [0.4, 0.5) is 0 Å². The molecule has 0 amide bonds. The first-order valence-corrected chi connectivity index (χ1v) is 20.3. The Balaban J connectivity index is 1.20. The topological polar surface area (TPSA) is 75.2 Å². The quantitative estimate of drug-likeness (QED) is 0.214. The Kier molecular flexibility index (Phi) is 12.3. The zero-order valence-electron chi connectivity index (χ0n) is 31.1. The number of guanidine groups is 2. The zero-order chi connectivity index (χ0) is 33.6. The second-order valence-electron chi connectivity index (χ2n) is 17.1. The van der Waals surface area contributed by atoms with Crippen molar-refractivity contribution in [2.24, 2.45) is 28.5 Å². The number of rotatable bonds is 14. The van der Waals surface area contributed by atoms with Crippen molar-refractivity contribution in [1.82, 2.24) is 19.6 Å². The smallest absolute Gasteiger partial charge is 0.194 e. The maximum absolute atomic E-state index is 9.88. The van der Waals surface area contributed by atoms with Crippen molar-refractivity contribution in [3.05, 3.63) is 35.4 Å². The largest absolute Gasteiger partial charge is 0.370 e. The third kappa shape index (κ3) is 8.89. The summed E-state index contributed by atoms with van der Waals surface area (Å²) in [7, 11) is 0. The van der Waals surface area contributed by atoms with Crippen LogP contribution in [0, 0.1) is 23.2 Å². The number of nitrogens with one attached hydrogen (secondary N) is 1. The fraction of sp³-hybridized carbons (Fsp3) is 0.805. The molecule has 2 aliphatic carbocycles. The molecule has 2 unspecified atom stereocenters. The van der Waals surface area contributed by atoms with E-state index < -0.39 is 0 Å². The Hall–Kier alpha value is -2.28. The van der Waals surface area contributed by atoms with E-state index in [4.69, 9.17) is 5.73 Å². The van der Waals surface area contributed by atoms with Gasteiger partial charge in [-0.1, -0.05) is 109 Å². The van der Waals surface area contributed by atoms with Gasteiger partial charge in [0.05, 0.1) is 6.54 Å². The van der Waals surface area contributed by atoms with E-state index in [1.54, 1.807) is 0 Å². The van der Waals surface area contributed by atoms with E-state index in [2.05, 4.69) is 76.6 Å². The summed E-state index contributed by atoms with van der Waals surface area (Å²) in [5.41, 5.74) is 9.23. The highest BCUT2D eigenvalue weighted by Gasteiger charge is 2.42. The molecule has 1 aromatic carbocycles. The Labute approximate surface area is 293 Å². The van der Waals surface area contributed by atoms with Crippen molar-refractivity contribution >= 4 is 11.9 Å². The van der Waals surface area contributed by atoms with Gasteiger partial charge in [-0.2, -0.15) is 0 Å². The maximum atomic E-state index is 9.88. The molecule has 4 fully saturated rings. The first-order chi connectivity index (χ1) is 23.2. The lowest BCUT2D eigenvalue weighted by molar-refractivity contribution is 0.138. The molecule has 3 N–H and O–H groups in total. The maximum Gasteiger partial charge on any atom is 0.194 e. The molecule has 5 aliphatic rings. The van der Waals surface area contributed by atoms with Crippen molar-refractivity contribution in [3.63, 3.8) is 0 Å². The molecule has 7 nitrogen and oxygen atoms in total. The molecule has 0 spiro atoms. The third-order valence-corrected chi connectivity index (χ3v) is 12.9. The predicted molar refractivity (Wildman–Crippen MR) is 202 cm³/mol. The van der Waals surface area contributed by atoms with Crippen LogP contribution in [-0.2, 0) is 6.42 Å². The lowest BCUT2D eigenvalue weighted by Crippen LogP contribution is -2.52. The molecule has 7 heteroatoms. The molecule has 2 saturated heterocycles. The van der Waals surface area contributed by atoms with Crippen LogP contribution in [0.25, 0.3) is 0 Å². The molecule has 3 heterocycles. The predicted octanol–water partition coefficient (Wildman–Crippen LogP) is 7.70. The molecule has 0 aromatic heterocycles. The van der Waals surface area contributed by atoms with E-state index in [1.165, 1.54) is 108 Å². The van der Waals surface area contributed by atoms with E-state index in [1.807, 2.05) is 0 Å². The fourth-order valence-electron chi connectivity index (χ4n) is 10.0. The van der Waals surface area contributed by atoms with Crippen LogP contribution >= 0.6 is 0 Å². The monoisotopic (exact) mass is 660 g/mol. The number of benzene rings is 1. The van der Waals surface area contributed by atoms with Crippen molar-refractivity contribution in [1.29, 1.82) is 5.41 Å². The van der Waals surface area contributed by atoms with E-state index >= 15 is 0 Å². The highest BCUT2D eigenvalue weighted by molar-refractivity contribution is 5.80. The Bertz CT molecular complexity index is 1180. The van der Waals surface area contributed by atoms with Crippen LogP contribution < -0.4 is 5.73 Å². The van der Waals surface area contributed by atoms with Crippen LogP contribution in [0.5, 0.6) is 0 Å². The minimum atomic E-state index is 0.403. The van der Waals surface area contributed by atoms with Crippen LogP contribution in [0.3, 0.4) is 0 Å². The van der Waals surface area contributed by atoms with Crippen LogP contribution in [-0.4, -0.2) is 95.0 Å². The standard InChI is InChI=1S/C41H69N7/c1-30(2)22-35-17-19-36(20-18-35)31(3)26-47-39(24-34-14-9-6-10-15-34)29-48(41(47)43)38(23-33-12-7-5-8-13-33)27-45-21-11-16-37(45)28-46-32(4)25-44-40(46)42/h17-20,30-34,37-39,43H,5-16,21-29H2,1-4H3,(H2,42,44)/t31?,32-,37?,38+,39+/m0/s1. The van der Waals surface area contributed by atoms with Gasteiger partial charge in [0.25, 0.3) is 0 Å². The second kappa shape index (κ2) is 16.6. The van der Waals surface area contributed by atoms with Gasteiger partial charge in [0, 0.05) is 50.3 Å². The molecule has 0 radical (unpaired) electrons. The zero-order valence-corrected chi connectivity index (χ0v) is 31.1. The van der Waals surface area contributed by atoms with Crippen molar-refractivity contribution in [2.75, 3.05) is 39.3 Å². The van der Waals surface area contributed by atoms with Gasteiger partial charge >= 0.3 is 0 Å². The number of hydrogen-bond acceptors (Lipinski definition) is 5. The number of hydrogen-bond donors (Lipinski definition) is 2. The molecular weight excluding hydrogens is 591 g/mol. The fourth-order valence-corrected chi connectivity index (χ4v) is 10.0. The summed E-state index contributed by atoms with van der Waals surface area (Å²) in [6.07, 6.45) is 20.0. The molecule has 5 atom stereocenters.